The largest absolute Gasteiger partial charge is 0.307 e. The second-order valence-electron chi connectivity index (χ2n) is 14.2. The van der Waals surface area contributed by atoms with Crippen molar-refractivity contribution in [2.75, 3.05) is 0 Å². The molecule has 262 valence electrons. The van der Waals surface area contributed by atoms with Crippen molar-refractivity contribution in [1.29, 1.82) is 15.8 Å². The Labute approximate surface area is 326 Å². The van der Waals surface area contributed by atoms with Gasteiger partial charge in [-0.2, -0.15) is 15.8 Å². The summed E-state index contributed by atoms with van der Waals surface area (Å²) < 4.78 is 6.68. The fraction of sp³-hybridized carbons (Fsp3) is 0. The molecule has 0 aliphatic heterocycles. The summed E-state index contributed by atoms with van der Waals surface area (Å²) in [4.78, 5) is 0. The van der Waals surface area contributed by atoms with E-state index in [2.05, 4.69) is 141 Å². The van der Waals surface area contributed by atoms with Crippen LogP contribution in [0, 0.1) is 34.0 Å². The van der Waals surface area contributed by atoms with E-state index in [1.165, 1.54) is 0 Å². The molecule has 6 nitrogen and oxygen atoms in total. The third-order valence-electron chi connectivity index (χ3n) is 11.4. The van der Waals surface area contributed by atoms with Crippen molar-refractivity contribution in [3.63, 3.8) is 0 Å². The Kier molecular flexibility index (Phi) is 6.95. The fourth-order valence-electron chi connectivity index (χ4n) is 9.00. The van der Waals surface area contributed by atoms with Crippen LogP contribution in [0.3, 0.4) is 0 Å². The van der Waals surface area contributed by atoms with Crippen LogP contribution in [-0.2, 0) is 0 Å². The van der Waals surface area contributed by atoms with Crippen molar-refractivity contribution in [3.05, 3.63) is 187 Å². The Morgan fingerprint density at radius 1 is 0.368 bits per heavy atom. The molecule has 0 atom stereocenters. The highest BCUT2D eigenvalue weighted by molar-refractivity contribution is 6.24. The molecule has 6 heteroatoms. The van der Waals surface area contributed by atoms with Gasteiger partial charge in [-0.1, -0.05) is 115 Å². The van der Waals surface area contributed by atoms with Crippen LogP contribution < -0.4 is 0 Å². The van der Waals surface area contributed by atoms with E-state index < -0.39 is 0 Å². The first-order valence-electron chi connectivity index (χ1n) is 18.7. The van der Waals surface area contributed by atoms with Gasteiger partial charge in [0.1, 0.15) is 18.2 Å². The Balaban J connectivity index is 1.28. The standard InChI is InChI=1S/C51H28N6/c52-29-33-24-25-36(49(43(33)31-54)56-45-19-9-4-14-37(45)38-15-5-10-20-46(38)56)32-22-23-34(30-53)48(28-32)57-47-21-11-7-17-40(47)42-27-26-41-39-16-6-8-18-44(39)55(50(41)51(42)57)35-12-2-1-3-13-35/h1-28H. The van der Waals surface area contributed by atoms with Gasteiger partial charge in [0, 0.05) is 43.6 Å². The third kappa shape index (κ3) is 4.49. The maximum atomic E-state index is 10.8. The molecule has 11 rings (SSSR count). The summed E-state index contributed by atoms with van der Waals surface area (Å²) in [7, 11) is 0. The number of fused-ring (bicyclic) bond motifs is 10. The molecular weight excluding hydrogens is 697 g/mol. The maximum absolute atomic E-state index is 10.8. The van der Waals surface area contributed by atoms with Gasteiger partial charge in [-0.25, -0.2) is 0 Å². The zero-order valence-corrected chi connectivity index (χ0v) is 30.3. The number of nitriles is 3. The first kappa shape index (κ1) is 32.1. The van der Waals surface area contributed by atoms with Crippen LogP contribution in [0.25, 0.3) is 93.6 Å². The minimum atomic E-state index is 0.290. The molecule has 3 aromatic heterocycles. The molecule has 0 spiro atoms. The van der Waals surface area contributed by atoms with Crippen LogP contribution in [0.1, 0.15) is 16.7 Å². The predicted molar refractivity (Wildman–Crippen MR) is 229 cm³/mol. The average Bonchev–Trinajstić information content (AvgIpc) is 3.92. The van der Waals surface area contributed by atoms with E-state index in [9.17, 15) is 15.8 Å². The zero-order chi connectivity index (χ0) is 38.2. The van der Waals surface area contributed by atoms with E-state index in [0.717, 1.165) is 87.9 Å². The molecule has 57 heavy (non-hydrogen) atoms. The lowest BCUT2D eigenvalue weighted by Gasteiger charge is -2.18. The summed E-state index contributed by atoms with van der Waals surface area (Å²) in [6, 6.07) is 64.7. The van der Waals surface area contributed by atoms with E-state index in [1.54, 1.807) is 6.07 Å². The van der Waals surface area contributed by atoms with Gasteiger partial charge in [0.25, 0.3) is 0 Å². The lowest BCUT2D eigenvalue weighted by molar-refractivity contribution is 1.14. The van der Waals surface area contributed by atoms with Crippen LogP contribution in [0.4, 0.5) is 0 Å². The Hall–Kier alpha value is -8.37. The molecule has 11 aromatic rings. The molecule has 0 amide bonds. The van der Waals surface area contributed by atoms with Crippen LogP contribution in [0.2, 0.25) is 0 Å². The van der Waals surface area contributed by atoms with Gasteiger partial charge in [0.15, 0.2) is 0 Å². The van der Waals surface area contributed by atoms with Crippen molar-refractivity contribution in [2.24, 2.45) is 0 Å². The van der Waals surface area contributed by atoms with Crippen molar-refractivity contribution in [2.45, 2.75) is 0 Å². The number of nitrogens with zero attached hydrogens (tertiary/aromatic N) is 6. The zero-order valence-electron chi connectivity index (χ0n) is 30.3. The highest BCUT2D eigenvalue weighted by Gasteiger charge is 2.25. The second kappa shape index (κ2) is 12.3. The average molecular weight is 725 g/mol. The summed E-state index contributed by atoms with van der Waals surface area (Å²) in [6.07, 6.45) is 0. The highest BCUT2D eigenvalue weighted by atomic mass is 15.0. The van der Waals surface area contributed by atoms with Gasteiger partial charge in [0.05, 0.1) is 61.2 Å². The number of rotatable bonds is 4. The number of hydrogen-bond donors (Lipinski definition) is 0. The monoisotopic (exact) mass is 724 g/mol. The Bertz CT molecular complexity index is 3560. The van der Waals surface area contributed by atoms with Crippen molar-refractivity contribution < 1.29 is 0 Å². The molecule has 0 aliphatic carbocycles. The van der Waals surface area contributed by atoms with Crippen LogP contribution in [-0.4, -0.2) is 13.7 Å². The third-order valence-corrected chi connectivity index (χ3v) is 11.4. The van der Waals surface area contributed by atoms with Crippen molar-refractivity contribution >= 4 is 65.4 Å². The van der Waals surface area contributed by atoms with E-state index in [0.29, 0.717) is 22.4 Å². The van der Waals surface area contributed by atoms with E-state index in [4.69, 9.17) is 0 Å². The summed E-state index contributed by atoms with van der Waals surface area (Å²) in [5.41, 5.74) is 11.0. The SMILES string of the molecule is N#Cc1ccc(-c2ccc(C#N)c(C#N)c2-n2c3ccccc3c3ccccc32)cc1-n1c2ccccc2c2ccc3c4ccccc4n(-c4ccccc4)c3c21. The highest BCUT2D eigenvalue weighted by Crippen LogP contribution is 2.44. The normalized spacial score (nSPS) is 11.5. The molecule has 8 aromatic carbocycles. The summed E-state index contributed by atoms with van der Waals surface area (Å²) in [5.74, 6) is 0. The minimum absolute atomic E-state index is 0.290. The van der Waals surface area contributed by atoms with Crippen LogP contribution in [0.5, 0.6) is 0 Å². The molecule has 0 radical (unpaired) electrons. The topological polar surface area (TPSA) is 86.2 Å². The van der Waals surface area contributed by atoms with E-state index in [1.807, 2.05) is 54.6 Å². The van der Waals surface area contributed by atoms with Gasteiger partial charge in [-0.3, -0.25) is 0 Å². The Morgan fingerprint density at radius 2 is 0.842 bits per heavy atom. The maximum Gasteiger partial charge on any atom is 0.103 e. The Morgan fingerprint density at radius 3 is 1.40 bits per heavy atom. The molecule has 0 bridgehead atoms. The van der Waals surface area contributed by atoms with E-state index in [-0.39, 0.29) is 0 Å². The number of hydrogen-bond acceptors (Lipinski definition) is 3. The first-order valence-corrected chi connectivity index (χ1v) is 18.7. The quantitative estimate of drug-likeness (QED) is 0.181. The smallest absolute Gasteiger partial charge is 0.103 e. The molecule has 0 unspecified atom stereocenters. The molecule has 0 N–H and O–H groups in total. The summed E-state index contributed by atoms with van der Waals surface area (Å²) in [6.45, 7) is 0. The fourth-order valence-corrected chi connectivity index (χ4v) is 9.00. The number of aromatic nitrogens is 3. The number of benzene rings is 8. The summed E-state index contributed by atoms with van der Waals surface area (Å²) >= 11 is 0. The van der Waals surface area contributed by atoms with Gasteiger partial charge in [-0.15, -0.1) is 0 Å². The summed E-state index contributed by atoms with van der Waals surface area (Å²) in [5, 5.41) is 38.4. The molecule has 0 saturated heterocycles. The minimum Gasteiger partial charge on any atom is -0.307 e. The first-order chi connectivity index (χ1) is 28.2. The molecule has 0 fully saturated rings. The molecular formula is C51H28N6. The molecule has 0 saturated carbocycles. The van der Waals surface area contributed by atoms with Gasteiger partial charge in [-0.05, 0) is 60.2 Å². The molecule has 3 heterocycles. The lowest BCUT2D eigenvalue weighted by atomic mass is 9.95. The second-order valence-corrected chi connectivity index (χ2v) is 14.2. The van der Waals surface area contributed by atoms with Gasteiger partial charge in [0.2, 0.25) is 0 Å². The molecule has 0 aliphatic rings. The van der Waals surface area contributed by atoms with Crippen LogP contribution in [0.15, 0.2) is 170 Å². The van der Waals surface area contributed by atoms with E-state index >= 15 is 0 Å². The number of para-hydroxylation sites is 5. The lowest BCUT2D eigenvalue weighted by Crippen LogP contribution is -2.04. The van der Waals surface area contributed by atoms with Crippen molar-refractivity contribution in [3.8, 4) is 46.4 Å². The van der Waals surface area contributed by atoms with Crippen LogP contribution >= 0.6 is 0 Å². The van der Waals surface area contributed by atoms with Crippen molar-refractivity contribution in [1.82, 2.24) is 13.7 Å². The van der Waals surface area contributed by atoms with Gasteiger partial charge < -0.3 is 13.7 Å². The predicted octanol–water partition coefficient (Wildman–Crippen LogP) is 12.3. The van der Waals surface area contributed by atoms with Gasteiger partial charge >= 0.3 is 0 Å².